The minimum atomic E-state index is -0.520. The fourth-order valence-corrected chi connectivity index (χ4v) is 2.30. The number of terminal acetylenes is 1. The maximum absolute atomic E-state index is 11.9. The summed E-state index contributed by atoms with van der Waals surface area (Å²) in [6.07, 6.45) is 13.6. The maximum atomic E-state index is 11.9. The highest BCUT2D eigenvalue weighted by atomic mass is 16.5. The Hall–Kier alpha value is -1.23. The summed E-state index contributed by atoms with van der Waals surface area (Å²) in [6.45, 7) is 7.48. The monoisotopic (exact) mass is 262 g/mol. The number of esters is 1. The Morgan fingerprint density at radius 3 is 2.37 bits per heavy atom. The van der Waals surface area contributed by atoms with Crippen molar-refractivity contribution in [3.05, 3.63) is 11.6 Å². The molecule has 106 valence electrons. The third-order valence-electron chi connectivity index (χ3n) is 3.55. The Morgan fingerprint density at radius 1 is 1.32 bits per heavy atom. The zero-order valence-corrected chi connectivity index (χ0v) is 12.7. The molecule has 0 spiro atoms. The summed E-state index contributed by atoms with van der Waals surface area (Å²) in [5, 5.41) is 0. The minimum Gasteiger partial charge on any atom is -0.444 e. The van der Waals surface area contributed by atoms with Gasteiger partial charge in [0.1, 0.15) is 0 Å². The van der Waals surface area contributed by atoms with Gasteiger partial charge in [0.05, 0.1) is 5.41 Å². The third-order valence-corrected chi connectivity index (χ3v) is 3.55. The first-order valence-corrected chi connectivity index (χ1v) is 7.20. The topological polar surface area (TPSA) is 26.3 Å². The average molecular weight is 262 g/mol. The quantitative estimate of drug-likeness (QED) is 0.435. The van der Waals surface area contributed by atoms with E-state index in [1.807, 2.05) is 27.7 Å². The second-order valence-electron chi connectivity index (χ2n) is 6.51. The Morgan fingerprint density at radius 2 is 1.89 bits per heavy atom. The highest BCUT2D eigenvalue weighted by Gasteiger charge is 2.26. The van der Waals surface area contributed by atoms with Crippen molar-refractivity contribution in [1.82, 2.24) is 0 Å². The predicted molar refractivity (Wildman–Crippen MR) is 78.5 cm³/mol. The average Bonchev–Trinajstić information content (AvgIpc) is 2.35. The zero-order chi connectivity index (χ0) is 14.5. The van der Waals surface area contributed by atoms with Gasteiger partial charge >= 0.3 is 5.97 Å². The number of carbonyl (C=O) groups excluding carboxylic acids is 1. The smallest absolute Gasteiger partial charge is 0.312 e. The van der Waals surface area contributed by atoms with Gasteiger partial charge in [0.15, 0.2) is 6.10 Å². The van der Waals surface area contributed by atoms with Crippen LogP contribution in [0.25, 0.3) is 0 Å². The summed E-state index contributed by atoms with van der Waals surface area (Å²) in [4.78, 5) is 11.9. The molecule has 0 radical (unpaired) electrons. The standard InChI is InChI=1S/C17H26O2/c1-6-15(19-16(18)17(3,4)5)13(2)12-14-10-8-7-9-11-14/h1,12,14-15H,7-11H2,2-5H3/b13-12+. The normalized spacial score (nSPS) is 19.6. The van der Waals surface area contributed by atoms with E-state index >= 15 is 0 Å². The van der Waals surface area contributed by atoms with Crippen molar-refractivity contribution < 1.29 is 9.53 Å². The summed E-state index contributed by atoms with van der Waals surface area (Å²) >= 11 is 0. The molecule has 0 heterocycles. The molecule has 0 bridgehead atoms. The highest BCUT2D eigenvalue weighted by molar-refractivity contribution is 5.76. The molecule has 0 aromatic rings. The van der Waals surface area contributed by atoms with Crippen molar-refractivity contribution in [2.75, 3.05) is 0 Å². The Bertz CT molecular complexity index is 373. The molecule has 2 nitrogen and oxygen atoms in total. The van der Waals surface area contributed by atoms with E-state index in [-0.39, 0.29) is 5.97 Å². The minimum absolute atomic E-state index is 0.244. The summed E-state index contributed by atoms with van der Waals surface area (Å²) in [7, 11) is 0. The summed E-state index contributed by atoms with van der Waals surface area (Å²) in [5.74, 6) is 2.93. The van der Waals surface area contributed by atoms with Crippen LogP contribution in [0.4, 0.5) is 0 Å². The lowest BCUT2D eigenvalue weighted by Gasteiger charge is -2.23. The summed E-state index contributed by atoms with van der Waals surface area (Å²) < 4.78 is 5.42. The maximum Gasteiger partial charge on any atom is 0.312 e. The van der Waals surface area contributed by atoms with Crippen LogP contribution >= 0.6 is 0 Å². The highest BCUT2D eigenvalue weighted by Crippen LogP contribution is 2.27. The first kappa shape index (κ1) is 15.8. The van der Waals surface area contributed by atoms with Crippen molar-refractivity contribution >= 4 is 5.97 Å². The van der Waals surface area contributed by atoms with E-state index in [2.05, 4.69) is 12.0 Å². The molecule has 0 aromatic heterocycles. The molecular formula is C17H26O2. The van der Waals surface area contributed by atoms with Crippen LogP contribution in [0.1, 0.15) is 59.8 Å². The van der Waals surface area contributed by atoms with E-state index < -0.39 is 11.5 Å². The lowest BCUT2D eigenvalue weighted by Crippen LogP contribution is -2.28. The molecular weight excluding hydrogens is 236 g/mol. The molecule has 1 atom stereocenters. The summed E-state index contributed by atoms with van der Waals surface area (Å²) in [5.41, 5.74) is 0.479. The van der Waals surface area contributed by atoms with E-state index in [1.54, 1.807) is 0 Å². The fourth-order valence-electron chi connectivity index (χ4n) is 2.30. The zero-order valence-electron chi connectivity index (χ0n) is 12.7. The van der Waals surface area contributed by atoms with Crippen LogP contribution < -0.4 is 0 Å². The van der Waals surface area contributed by atoms with E-state index in [4.69, 9.17) is 11.2 Å². The van der Waals surface area contributed by atoms with Crippen molar-refractivity contribution in [2.24, 2.45) is 11.3 Å². The van der Waals surface area contributed by atoms with E-state index in [0.29, 0.717) is 5.92 Å². The van der Waals surface area contributed by atoms with E-state index in [1.165, 1.54) is 32.1 Å². The number of carbonyl (C=O) groups is 1. The molecule has 0 aromatic carbocycles. The van der Waals surface area contributed by atoms with Gasteiger partial charge in [-0.15, -0.1) is 6.42 Å². The van der Waals surface area contributed by atoms with Gasteiger partial charge in [0.2, 0.25) is 0 Å². The largest absolute Gasteiger partial charge is 0.444 e. The molecule has 1 rings (SSSR count). The molecule has 1 fully saturated rings. The molecule has 0 N–H and O–H groups in total. The van der Waals surface area contributed by atoms with Gasteiger partial charge in [-0.25, -0.2) is 0 Å². The second-order valence-corrected chi connectivity index (χ2v) is 6.51. The Kier molecular flexibility index (Phi) is 5.66. The molecule has 1 unspecified atom stereocenters. The number of hydrogen-bond acceptors (Lipinski definition) is 2. The summed E-state index contributed by atoms with van der Waals surface area (Å²) in [6, 6.07) is 0. The van der Waals surface area contributed by atoms with Gasteiger partial charge in [0.25, 0.3) is 0 Å². The van der Waals surface area contributed by atoms with Crippen molar-refractivity contribution in [3.8, 4) is 12.3 Å². The van der Waals surface area contributed by atoms with Crippen LogP contribution in [0.2, 0.25) is 0 Å². The number of ether oxygens (including phenoxy) is 1. The second kappa shape index (κ2) is 6.80. The number of rotatable bonds is 3. The van der Waals surface area contributed by atoms with Crippen molar-refractivity contribution in [1.29, 1.82) is 0 Å². The van der Waals surface area contributed by atoms with Gasteiger partial charge < -0.3 is 4.74 Å². The van der Waals surface area contributed by atoms with Crippen LogP contribution in [0, 0.1) is 23.7 Å². The predicted octanol–water partition coefficient (Wildman–Crippen LogP) is 4.10. The molecule has 2 heteroatoms. The lowest BCUT2D eigenvalue weighted by atomic mass is 9.87. The van der Waals surface area contributed by atoms with Crippen LogP contribution in [0.3, 0.4) is 0 Å². The van der Waals surface area contributed by atoms with E-state index in [0.717, 1.165) is 5.57 Å². The molecule has 1 saturated carbocycles. The van der Waals surface area contributed by atoms with Crippen LogP contribution in [0.5, 0.6) is 0 Å². The fraction of sp³-hybridized carbons (Fsp3) is 0.706. The van der Waals surface area contributed by atoms with Gasteiger partial charge in [-0.2, -0.15) is 0 Å². The van der Waals surface area contributed by atoms with E-state index in [9.17, 15) is 4.79 Å². The van der Waals surface area contributed by atoms with Gasteiger partial charge in [0, 0.05) is 0 Å². The molecule has 0 amide bonds. The van der Waals surface area contributed by atoms with Crippen LogP contribution in [-0.2, 0) is 9.53 Å². The first-order valence-electron chi connectivity index (χ1n) is 7.20. The van der Waals surface area contributed by atoms with Gasteiger partial charge in [-0.1, -0.05) is 31.3 Å². The van der Waals surface area contributed by atoms with Crippen molar-refractivity contribution in [3.63, 3.8) is 0 Å². The number of hydrogen-bond donors (Lipinski definition) is 0. The molecule has 19 heavy (non-hydrogen) atoms. The van der Waals surface area contributed by atoms with Gasteiger partial charge in [-0.3, -0.25) is 4.79 Å². The molecule has 1 aliphatic carbocycles. The van der Waals surface area contributed by atoms with Crippen molar-refractivity contribution in [2.45, 2.75) is 65.9 Å². The molecule has 1 aliphatic rings. The van der Waals surface area contributed by atoms with Gasteiger partial charge in [-0.05, 0) is 52.0 Å². The third kappa shape index (κ3) is 5.11. The molecule has 0 aliphatic heterocycles. The SMILES string of the molecule is C#CC(OC(=O)C(C)(C)C)/C(C)=C/C1CCCCC1. The Balaban J connectivity index is 2.66. The Labute approximate surface area is 117 Å². The lowest BCUT2D eigenvalue weighted by molar-refractivity contribution is -0.154. The van der Waals surface area contributed by atoms with Crippen LogP contribution in [0.15, 0.2) is 11.6 Å². The first-order chi connectivity index (χ1) is 8.84. The molecule has 0 saturated heterocycles. The number of allylic oxidation sites excluding steroid dienone is 1. The van der Waals surface area contributed by atoms with Crippen LogP contribution in [-0.4, -0.2) is 12.1 Å².